The second kappa shape index (κ2) is 6.13. The van der Waals surface area contributed by atoms with Crippen molar-refractivity contribution in [2.24, 2.45) is 11.8 Å². The number of nitrogens with zero attached hydrogens (tertiary/aromatic N) is 1. The van der Waals surface area contributed by atoms with Crippen LogP contribution in [-0.4, -0.2) is 23.7 Å². The van der Waals surface area contributed by atoms with Crippen LogP contribution in [0.2, 0.25) is 0 Å². The zero-order valence-corrected chi connectivity index (χ0v) is 12.8. The number of nitriles is 1. The van der Waals surface area contributed by atoms with Gasteiger partial charge in [0.1, 0.15) is 5.54 Å². The van der Waals surface area contributed by atoms with Crippen molar-refractivity contribution in [1.82, 2.24) is 5.32 Å². The fraction of sp³-hybridized carbons (Fsp3) is 0.875. The Morgan fingerprint density at radius 1 is 1.15 bits per heavy atom. The summed E-state index contributed by atoms with van der Waals surface area (Å²) in [7, 11) is 0. The Bertz CT molecular complexity index is 394. The second-order valence-corrected chi connectivity index (χ2v) is 6.53. The normalized spacial score (nSPS) is 36.9. The maximum Gasteiger partial charge on any atom is 0.227 e. The zero-order chi connectivity index (χ0) is 14.8. The molecule has 1 heterocycles. The first kappa shape index (κ1) is 15.3. The van der Waals surface area contributed by atoms with Crippen LogP contribution < -0.4 is 5.32 Å². The van der Waals surface area contributed by atoms with Crippen molar-refractivity contribution in [3.05, 3.63) is 0 Å². The van der Waals surface area contributed by atoms with Crippen LogP contribution in [0, 0.1) is 23.2 Å². The van der Waals surface area contributed by atoms with E-state index in [0.29, 0.717) is 0 Å². The molecule has 0 bridgehead atoms. The Labute approximate surface area is 121 Å². The van der Waals surface area contributed by atoms with E-state index >= 15 is 0 Å². The van der Waals surface area contributed by atoms with Crippen molar-refractivity contribution in [1.29, 1.82) is 5.26 Å². The highest BCUT2D eigenvalue weighted by Crippen LogP contribution is 2.34. The molecular weight excluding hydrogens is 252 g/mol. The third-order valence-electron chi connectivity index (χ3n) is 5.08. The van der Waals surface area contributed by atoms with Crippen LogP contribution in [-0.2, 0) is 9.53 Å². The molecule has 4 heteroatoms. The third-order valence-corrected chi connectivity index (χ3v) is 5.08. The summed E-state index contributed by atoms with van der Waals surface area (Å²) in [4.78, 5) is 12.6. The number of ether oxygens (including phenoxy) is 1. The van der Waals surface area contributed by atoms with Gasteiger partial charge in [0.15, 0.2) is 0 Å². The van der Waals surface area contributed by atoms with E-state index in [1.54, 1.807) is 0 Å². The Kier molecular flexibility index (Phi) is 4.70. The molecule has 1 aliphatic heterocycles. The average Bonchev–Trinajstić information content (AvgIpc) is 2.59. The van der Waals surface area contributed by atoms with Crippen molar-refractivity contribution in [2.75, 3.05) is 0 Å². The Hall–Kier alpha value is -1.08. The van der Waals surface area contributed by atoms with Crippen LogP contribution in [0.25, 0.3) is 0 Å². The van der Waals surface area contributed by atoms with Gasteiger partial charge >= 0.3 is 0 Å². The first-order chi connectivity index (χ1) is 9.49. The van der Waals surface area contributed by atoms with Crippen LogP contribution >= 0.6 is 0 Å². The van der Waals surface area contributed by atoms with E-state index in [2.05, 4.69) is 18.3 Å². The minimum absolute atomic E-state index is 0.00204. The number of nitrogens with one attached hydrogen (secondary N) is 1. The van der Waals surface area contributed by atoms with E-state index in [9.17, 15) is 10.1 Å². The van der Waals surface area contributed by atoms with Crippen molar-refractivity contribution in [3.63, 3.8) is 0 Å². The molecule has 1 N–H and O–H groups in total. The van der Waals surface area contributed by atoms with E-state index < -0.39 is 5.54 Å². The summed E-state index contributed by atoms with van der Waals surface area (Å²) in [6.07, 6.45) is 5.97. The molecule has 1 amide bonds. The number of carbonyl (C=O) groups excluding carboxylic acids is 1. The minimum atomic E-state index is -0.654. The summed E-state index contributed by atoms with van der Waals surface area (Å²) >= 11 is 0. The lowest BCUT2D eigenvalue weighted by molar-refractivity contribution is -0.128. The molecule has 2 rings (SSSR count). The van der Waals surface area contributed by atoms with Gasteiger partial charge in [-0.05, 0) is 32.6 Å². The molecule has 0 aromatic carbocycles. The molecule has 112 valence electrons. The van der Waals surface area contributed by atoms with Crippen molar-refractivity contribution >= 4 is 5.91 Å². The van der Waals surface area contributed by atoms with Gasteiger partial charge in [-0.25, -0.2) is 0 Å². The van der Waals surface area contributed by atoms with E-state index in [1.165, 1.54) is 0 Å². The maximum atomic E-state index is 12.6. The molecule has 0 aromatic rings. The monoisotopic (exact) mass is 278 g/mol. The second-order valence-electron chi connectivity index (χ2n) is 6.53. The standard InChI is InChI=1S/C16H26N2O2/c1-11-12(2)20-13(3)14(11)15(19)18-16(10-17)8-6-4-5-7-9-16/h11-14H,4-9H2,1-3H3,(H,18,19). The van der Waals surface area contributed by atoms with Crippen molar-refractivity contribution < 1.29 is 9.53 Å². The summed E-state index contributed by atoms with van der Waals surface area (Å²) < 4.78 is 5.74. The molecule has 1 saturated carbocycles. The van der Waals surface area contributed by atoms with Gasteiger partial charge in [0.05, 0.1) is 24.2 Å². The molecule has 20 heavy (non-hydrogen) atoms. The lowest BCUT2D eigenvalue weighted by Gasteiger charge is -2.29. The first-order valence-corrected chi connectivity index (χ1v) is 7.88. The van der Waals surface area contributed by atoms with E-state index in [-0.39, 0.29) is 30.0 Å². The molecule has 0 radical (unpaired) electrons. The highest BCUT2D eigenvalue weighted by molar-refractivity contribution is 5.81. The predicted octanol–water partition coefficient (Wildman–Crippen LogP) is 2.78. The average molecular weight is 278 g/mol. The highest BCUT2D eigenvalue weighted by Gasteiger charge is 2.44. The zero-order valence-electron chi connectivity index (χ0n) is 12.8. The van der Waals surface area contributed by atoms with Crippen LogP contribution in [0.15, 0.2) is 0 Å². The van der Waals surface area contributed by atoms with Crippen molar-refractivity contribution in [2.45, 2.75) is 77.0 Å². The predicted molar refractivity (Wildman–Crippen MR) is 76.9 cm³/mol. The van der Waals surface area contributed by atoms with Gasteiger partial charge in [0.25, 0.3) is 0 Å². The summed E-state index contributed by atoms with van der Waals surface area (Å²) in [6.45, 7) is 6.03. The summed E-state index contributed by atoms with van der Waals surface area (Å²) in [5, 5.41) is 12.6. The fourth-order valence-corrected chi connectivity index (χ4v) is 3.63. The van der Waals surface area contributed by atoms with Gasteiger partial charge < -0.3 is 10.1 Å². The molecule has 1 saturated heterocycles. The quantitative estimate of drug-likeness (QED) is 0.790. The summed E-state index contributed by atoms with van der Waals surface area (Å²) in [5.74, 6) is 0.0581. The summed E-state index contributed by atoms with van der Waals surface area (Å²) in [6, 6.07) is 2.38. The smallest absolute Gasteiger partial charge is 0.227 e. The van der Waals surface area contributed by atoms with Gasteiger partial charge in [-0.15, -0.1) is 0 Å². The first-order valence-electron chi connectivity index (χ1n) is 7.88. The fourth-order valence-electron chi connectivity index (χ4n) is 3.63. The number of amides is 1. The SMILES string of the molecule is CC1OC(C)C(C(=O)NC2(C#N)CCCCCC2)C1C. The lowest BCUT2D eigenvalue weighted by atomic mass is 9.86. The molecule has 2 fully saturated rings. The van der Waals surface area contributed by atoms with E-state index in [1.807, 2.05) is 13.8 Å². The topological polar surface area (TPSA) is 62.1 Å². The molecule has 0 spiro atoms. The maximum absolute atomic E-state index is 12.6. The minimum Gasteiger partial charge on any atom is -0.374 e. The third kappa shape index (κ3) is 2.98. The molecule has 4 nitrogen and oxygen atoms in total. The number of hydrogen-bond donors (Lipinski definition) is 1. The molecule has 2 aliphatic rings. The Morgan fingerprint density at radius 3 is 2.20 bits per heavy atom. The lowest BCUT2D eigenvalue weighted by Crippen LogP contribution is -2.51. The number of rotatable bonds is 2. The van der Waals surface area contributed by atoms with Gasteiger partial charge in [0.2, 0.25) is 5.91 Å². The summed E-state index contributed by atoms with van der Waals surface area (Å²) in [5.41, 5.74) is -0.654. The molecule has 1 aliphatic carbocycles. The van der Waals surface area contributed by atoms with Crippen LogP contribution in [0.3, 0.4) is 0 Å². The Morgan fingerprint density at radius 2 is 1.75 bits per heavy atom. The molecule has 4 unspecified atom stereocenters. The molecular formula is C16H26N2O2. The van der Waals surface area contributed by atoms with Gasteiger partial charge in [-0.2, -0.15) is 5.26 Å². The largest absolute Gasteiger partial charge is 0.374 e. The van der Waals surface area contributed by atoms with Crippen molar-refractivity contribution in [3.8, 4) is 6.07 Å². The number of carbonyl (C=O) groups is 1. The van der Waals surface area contributed by atoms with Gasteiger partial charge in [-0.3, -0.25) is 4.79 Å². The molecule has 0 aromatic heterocycles. The van der Waals surface area contributed by atoms with Crippen LogP contribution in [0.1, 0.15) is 59.3 Å². The van der Waals surface area contributed by atoms with E-state index in [4.69, 9.17) is 4.74 Å². The highest BCUT2D eigenvalue weighted by atomic mass is 16.5. The number of hydrogen-bond acceptors (Lipinski definition) is 3. The van der Waals surface area contributed by atoms with Gasteiger partial charge in [-0.1, -0.05) is 32.6 Å². The van der Waals surface area contributed by atoms with Crippen LogP contribution in [0.5, 0.6) is 0 Å². The Balaban J connectivity index is 2.07. The van der Waals surface area contributed by atoms with Gasteiger partial charge in [0, 0.05) is 0 Å². The van der Waals surface area contributed by atoms with E-state index in [0.717, 1.165) is 38.5 Å². The van der Waals surface area contributed by atoms with Crippen LogP contribution in [0.4, 0.5) is 0 Å². The molecule has 4 atom stereocenters.